The van der Waals surface area contributed by atoms with Crippen LogP contribution in [0.25, 0.3) is 11.3 Å². The Morgan fingerprint density at radius 3 is 2.63 bits per heavy atom. The minimum Gasteiger partial charge on any atom is -0.477 e. The third kappa shape index (κ3) is 4.00. The lowest BCUT2D eigenvalue weighted by atomic mass is 10.1. The third-order valence-corrected chi connectivity index (χ3v) is 3.79. The molecule has 140 valence electrons. The Bertz CT molecular complexity index is 921. The molecule has 3 aromatic rings. The molecule has 3 rings (SSSR count). The zero-order chi connectivity index (χ0) is 19.4. The Morgan fingerprint density at radius 1 is 1.30 bits per heavy atom. The highest BCUT2D eigenvalue weighted by molar-refractivity contribution is 6.01. The van der Waals surface area contributed by atoms with Gasteiger partial charge in [0.1, 0.15) is 11.4 Å². The molecule has 8 nitrogen and oxygen atoms in total. The molecule has 1 aromatic carbocycles. The molecule has 0 spiro atoms. The number of rotatable bonds is 6. The summed E-state index contributed by atoms with van der Waals surface area (Å²) in [6.07, 6.45) is 3.04. The molecule has 2 heterocycles. The van der Waals surface area contributed by atoms with Crippen LogP contribution >= 0.6 is 0 Å². The number of anilines is 3. The molecule has 8 heteroatoms. The zero-order valence-electron chi connectivity index (χ0n) is 15.4. The fraction of sp³-hybridized carbons (Fsp3) is 0.211. The number of pyridine rings is 1. The summed E-state index contributed by atoms with van der Waals surface area (Å²) >= 11 is 0. The SMILES string of the molecule is CCOc1nc(Nc2ccc(-c3cnco3)cc2)cc(N)c1C(=O)N(C)C. The average molecular weight is 367 g/mol. The number of carbonyl (C=O) groups excluding carboxylic acids is 1. The van der Waals surface area contributed by atoms with E-state index in [0.717, 1.165) is 11.3 Å². The molecule has 0 aliphatic heterocycles. The second-order valence-corrected chi connectivity index (χ2v) is 5.98. The van der Waals surface area contributed by atoms with Crippen LogP contribution in [0.5, 0.6) is 5.88 Å². The lowest BCUT2D eigenvalue weighted by Gasteiger charge is -2.17. The summed E-state index contributed by atoms with van der Waals surface area (Å²) in [4.78, 5) is 22.1. The number of hydrogen-bond donors (Lipinski definition) is 2. The highest BCUT2D eigenvalue weighted by Crippen LogP contribution is 2.29. The van der Waals surface area contributed by atoms with E-state index in [-0.39, 0.29) is 17.4 Å². The fourth-order valence-corrected chi connectivity index (χ4v) is 2.51. The molecule has 0 bridgehead atoms. The molecule has 0 saturated carbocycles. The van der Waals surface area contributed by atoms with Crippen LogP contribution in [-0.4, -0.2) is 41.5 Å². The van der Waals surface area contributed by atoms with Gasteiger partial charge in [0, 0.05) is 31.4 Å². The van der Waals surface area contributed by atoms with E-state index in [1.54, 1.807) is 26.4 Å². The number of aromatic nitrogens is 2. The summed E-state index contributed by atoms with van der Waals surface area (Å²) in [5.74, 6) is 1.12. The van der Waals surface area contributed by atoms with Crippen molar-refractivity contribution in [3.05, 3.63) is 48.5 Å². The fourth-order valence-electron chi connectivity index (χ4n) is 2.51. The van der Waals surface area contributed by atoms with E-state index < -0.39 is 0 Å². The van der Waals surface area contributed by atoms with Gasteiger partial charge in [-0.05, 0) is 31.2 Å². The normalized spacial score (nSPS) is 10.5. The van der Waals surface area contributed by atoms with Crippen molar-refractivity contribution in [2.45, 2.75) is 6.92 Å². The van der Waals surface area contributed by atoms with Crippen molar-refractivity contribution in [2.75, 3.05) is 31.8 Å². The van der Waals surface area contributed by atoms with Crippen LogP contribution in [0.2, 0.25) is 0 Å². The molecule has 0 radical (unpaired) electrons. The Kier molecular flexibility index (Phi) is 5.25. The molecule has 0 aliphatic rings. The summed E-state index contributed by atoms with van der Waals surface area (Å²) in [6.45, 7) is 2.19. The van der Waals surface area contributed by atoms with Crippen molar-refractivity contribution in [1.29, 1.82) is 0 Å². The lowest BCUT2D eigenvalue weighted by Crippen LogP contribution is -2.24. The Labute approximate surface area is 157 Å². The van der Waals surface area contributed by atoms with Gasteiger partial charge in [-0.1, -0.05) is 0 Å². The van der Waals surface area contributed by atoms with Gasteiger partial charge in [-0.2, -0.15) is 4.98 Å². The summed E-state index contributed by atoms with van der Waals surface area (Å²) in [5.41, 5.74) is 8.38. The van der Waals surface area contributed by atoms with Gasteiger partial charge in [0.25, 0.3) is 5.91 Å². The van der Waals surface area contributed by atoms with Crippen LogP contribution in [0.15, 0.2) is 47.3 Å². The van der Waals surface area contributed by atoms with E-state index in [2.05, 4.69) is 15.3 Å². The minimum atomic E-state index is -0.258. The van der Waals surface area contributed by atoms with Gasteiger partial charge >= 0.3 is 0 Å². The molecule has 1 amide bonds. The van der Waals surface area contributed by atoms with Crippen LogP contribution < -0.4 is 15.8 Å². The number of oxazole rings is 1. The quantitative estimate of drug-likeness (QED) is 0.689. The Balaban J connectivity index is 1.87. The summed E-state index contributed by atoms with van der Waals surface area (Å²) in [6, 6.07) is 9.19. The molecular weight excluding hydrogens is 346 g/mol. The topological polar surface area (TPSA) is 107 Å². The standard InChI is InChI=1S/C19H21N5O3/c1-4-26-18-17(19(25)24(2)3)14(20)9-16(23-18)22-13-7-5-12(6-8-13)15-10-21-11-27-15/h5-11H,4H2,1-3H3,(H3,20,22,23). The van der Waals surface area contributed by atoms with E-state index in [9.17, 15) is 4.79 Å². The second-order valence-electron chi connectivity index (χ2n) is 5.98. The highest BCUT2D eigenvalue weighted by atomic mass is 16.5. The largest absolute Gasteiger partial charge is 0.477 e. The summed E-state index contributed by atoms with van der Waals surface area (Å²) in [5, 5.41) is 3.17. The van der Waals surface area contributed by atoms with E-state index in [0.29, 0.717) is 23.9 Å². The van der Waals surface area contributed by atoms with Crippen LogP contribution in [0.4, 0.5) is 17.2 Å². The number of hydrogen-bond acceptors (Lipinski definition) is 7. The van der Waals surface area contributed by atoms with E-state index in [4.69, 9.17) is 14.9 Å². The smallest absolute Gasteiger partial charge is 0.260 e. The van der Waals surface area contributed by atoms with Gasteiger partial charge in [-0.15, -0.1) is 0 Å². The molecule has 0 unspecified atom stereocenters. The van der Waals surface area contributed by atoms with E-state index >= 15 is 0 Å². The van der Waals surface area contributed by atoms with Crippen molar-refractivity contribution in [3.63, 3.8) is 0 Å². The lowest BCUT2D eigenvalue weighted by molar-refractivity contribution is 0.0823. The molecule has 2 aromatic heterocycles. The number of nitrogens with zero attached hydrogens (tertiary/aromatic N) is 3. The van der Waals surface area contributed by atoms with Gasteiger partial charge in [0.15, 0.2) is 12.2 Å². The van der Waals surface area contributed by atoms with Gasteiger partial charge in [0.2, 0.25) is 5.88 Å². The van der Waals surface area contributed by atoms with Gasteiger partial charge in [0.05, 0.1) is 18.5 Å². The maximum atomic E-state index is 12.4. The Hall–Kier alpha value is -3.55. The monoisotopic (exact) mass is 367 g/mol. The number of nitrogens with one attached hydrogen (secondary N) is 1. The summed E-state index contributed by atoms with van der Waals surface area (Å²) in [7, 11) is 3.31. The van der Waals surface area contributed by atoms with E-state index in [1.807, 2.05) is 31.2 Å². The Morgan fingerprint density at radius 2 is 2.04 bits per heavy atom. The number of nitrogen functional groups attached to an aromatic ring is 1. The van der Waals surface area contributed by atoms with Crippen molar-refractivity contribution < 1.29 is 13.9 Å². The predicted octanol–water partition coefficient (Wildman–Crippen LogP) is 3.16. The second kappa shape index (κ2) is 7.77. The summed E-state index contributed by atoms with van der Waals surface area (Å²) < 4.78 is 10.8. The number of amides is 1. The maximum absolute atomic E-state index is 12.4. The molecule has 3 N–H and O–H groups in total. The van der Waals surface area contributed by atoms with Crippen molar-refractivity contribution in [2.24, 2.45) is 0 Å². The maximum Gasteiger partial charge on any atom is 0.260 e. The molecule has 0 atom stereocenters. The first-order chi connectivity index (χ1) is 13.0. The first-order valence-electron chi connectivity index (χ1n) is 8.40. The molecule has 0 fully saturated rings. The van der Waals surface area contributed by atoms with Crippen molar-refractivity contribution in [1.82, 2.24) is 14.9 Å². The van der Waals surface area contributed by atoms with E-state index in [1.165, 1.54) is 11.3 Å². The number of benzene rings is 1. The van der Waals surface area contributed by atoms with Crippen molar-refractivity contribution in [3.8, 4) is 17.2 Å². The number of ether oxygens (including phenoxy) is 1. The van der Waals surface area contributed by atoms with Gasteiger partial charge in [-0.3, -0.25) is 4.79 Å². The van der Waals surface area contributed by atoms with Crippen LogP contribution in [0.3, 0.4) is 0 Å². The third-order valence-electron chi connectivity index (χ3n) is 3.79. The number of carbonyl (C=O) groups is 1. The molecular formula is C19H21N5O3. The average Bonchev–Trinajstić information content (AvgIpc) is 3.16. The molecule has 0 aliphatic carbocycles. The number of nitrogens with two attached hydrogens (primary N) is 1. The molecule has 0 saturated heterocycles. The van der Waals surface area contributed by atoms with Gasteiger partial charge < -0.3 is 25.1 Å². The van der Waals surface area contributed by atoms with Crippen LogP contribution in [0.1, 0.15) is 17.3 Å². The van der Waals surface area contributed by atoms with Gasteiger partial charge in [-0.25, -0.2) is 4.98 Å². The minimum absolute atomic E-state index is 0.206. The van der Waals surface area contributed by atoms with Crippen LogP contribution in [0, 0.1) is 0 Å². The first kappa shape index (κ1) is 18.2. The zero-order valence-corrected chi connectivity index (χ0v) is 15.4. The van der Waals surface area contributed by atoms with Crippen molar-refractivity contribution >= 4 is 23.1 Å². The predicted molar refractivity (Wildman–Crippen MR) is 103 cm³/mol. The van der Waals surface area contributed by atoms with Crippen LogP contribution in [-0.2, 0) is 0 Å². The molecule has 27 heavy (non-hydrogen) atoms. The highest BCUT2D eigenvalue weighted by Gasteiger charge is 2.21. The first-order valence-corrected chi connectivity index (χ1v) is 8.40.